The van der Waals surface area contributed by atoms with Crippen molar-refractivity contribution in [2.75, 3.05) is 14.2 Å². The smallest absolute Gasteiger partial charge is 0.170 e. The van der Waals surface area contributed by atoms with Gasteiger partial charge in [0.25, 0.3) is 0 Å². The van der Waals surface area contributed by atoms with Gasteiger partial charge in [0, 0.05) is 17.5 Å². The highest BCUT2D eigenvalue weighted by Gasteiger charge is 2.25. The Labute approximate surface area is 164 Å². The predicted octanol–water partition coefficient (Wildman–Crippen LogP) is 4.94. The van der Waals surface area contributed by atoms with Crippen LogP contribution in [0.1, 0.15) is 38.6 Å². The summed E-state index contributed by atoms with van der Waals surface area (Å²) in [5.74, 6) is 0.638. The molecule has 0 aromatic heterocycles. The van der Waals surface area contributed by atoms with E-state index in [1.54, 1.807) is 62.8 Å². The van der Waals surface area contributed by atoms with Gasteiger partial charge in [-0.2, -0.15) is 0 Å². The summed E-state index contributed by atoms with van der Waals surface area (Å²) in [6, 6.07) is 23.3. The number of methoxy groups -OCH3 is 2. The molecule has 0 radical (unpaired) electrons. The normalized spacial score (nSPS) is 11.5. The second-order valence-electron chi connectivity index (χ2n) is 6.41. The Hall–Kier alpha value is -3.40. The minimum Gasteiger partial charge on any atom is -0.497 e. The molecular weight excluding hydrogens is 352 g/mol. The largest absolute Gasteiger partial charge is 0.497 e. The molecule has 142 valence electrons. The van der Waals surface area contributed by atoms with Crippen molar-refractivity contribution in [2.24, 2.45) is 0 Å². The summed E-state index contributed by atoms with van der Waals surface area (Å²) in [5, 5.41) is 0. The lowest BCUT2D eigenvalue weighted by Gasteiger charge is -2.17. The van der Waals surface area contributed by atoms with E-state index in [0.717, 1.165) is 5.56 Å². The Kier molecular flexibility index (Phi) is 6.22. The molecule has 0 amide bonds. The van der Waals surface area contributed by atoms with Crippen LogP contribution >= 0.6 is 0 Å². The molecule has 0 spiro atoms. The molecule has 0 aliphatic rings. The van der Waals surface area contributed by atoms with E-state index in [-0.39, 0.29) is 18.0 Å². The maximum atomic E-state index is 13.2. The summed E-state index contributed by atoms with van der Waals surface area (Å²) in [6.07, 6.45) is 0.0984. The molecule has 0 heterocycles. The first kappa shape index (κ1) is 19.4. The lowest BCUT2D eigenvalue weighted by Crippen LogP contribution is -2.17. The molecule has 0 bridgehead atoms. The van der Waals surface area contributed by atoms with Crippen molar-refractivity contribution in [3.8, 4) is 11.5 Å². The van der Waals surface area contributed by atoms with E-state index < -0.39 is 5.92 Å². The maximum Gasteiger partial charge on any atom is 0.170 e. The number of benzene rings is 3. The average Bonchev–Trinajstić information content (AvgIpc) is 2.77. The van der Waals surface area contributed by atoms with Gasteiger partial charge in [0.2, 0.25) is 0 Å². The first-order valence-electron chi connectivity index (χ1n) is 9.03. The second-order valence-corrected chi connectivity index (χ2v) is 6.41. The van der Waals surface area contributed by atoms with E-state index in [1.807, 2.05) is 30.3 Å². The van der Waals surface area contributed by atoms with Crippen LogP contribution < -0.4 is 9.47 Å². The summed E-state index contributed by atoms with van der Waals surface area (Å²) < 4.78 is 10.4. The number of hydrogen-bond acceptors (Lipinski definition) is 4. The fourth-order valence-electron chi connectivity index (χ4n) is 3.08. The van der Waals surface area contributed by atoms with Crippen LogP contribution in [0.15, 0.2) is 78.9 Å². The fraction of sp³-hybridized carbons (Fsp3) is 0.167. The third-order valence-corrected chi connectivity index (χ3v) is 4.69. The lowest BCUT2D eigenvalue weighted by atomic mass is 9.85. The zero-order chi connectivity index (χ0) is 19.9. The summed E-state index contributed by atoms with van der Waals surface area (Å²) in [4.78, 5) is 26.0. The van der Waals surface area contributed by atoms with Crippen LogP contribution in [0.3, 0.4) is 0 Å². The van der Waals surface area contributed by atoms with Gasteiger partial charge in [-0.05, 0) is 42.0 Å². The van der Waals surface area contributed by atoms with Gasteiger partial charge in [-0.3, -0.25) is 9.59 Å². The van der Waals surface area contributed by atoms with Crippen LogP contribution in [0.2, 0.25) is 0 Å². The van der Waals surface area contributed by atoms with Crippen LogP contribution in [0, 0.1) is 0 Å². The first-order chi connectivity index (χ1) is 13.6. The van der Waals surface area contributed by atoms with Crippen molar-refractivity contribution in [1.29, 1.82) is 0 Å². The zero-order valence-electron chi connectivity index (χ0n) is 15.9. The molecule has 0 N–H and O–H groups in total. The van der Waals surface area contributed by atoms with E-state index in [4.69, 9.17) is 9.47 Å². The first-order valence-corrected chi connectivity index (χ1v) is 9.03. The second kappa shape index (κ2) is 9.00. The molecule has 4 heteroatoms. The van der Waals surface area contributed by atoms with Crippen LogP contribution in [0.25, 0.3) is 0 Å². The molecule has 0 saturated carbocycles. The van der Waals surface area contributed by atoms with Crippen molar-refractivity contribution in [1.82, 2.24) is 0 Å². The number of ketones is 2. The van der Waals surface area contributed by atoms with Crippen LogP contribution in [0.4, 0.5) is 0 Å². The number of rotatable bonds is 8. The highest BCUT2D eigenvalue weighted by molar-refractivity contribution is 6.06. The van der Waals surface area contributed by atoms with E-state index in [2.05, 4.69) is 0 Å². The van der Waals surface area contributed by atoms with Crippen molar-refractivity contribution in [2.45, 2.75) is 12.3 Å². The SMILES string of the molecule is COc1ccc(C(=O)C(CC(=O)c2ccccc2)c2ccc(OC)cc2)cc1. The van der Waals surface area contributed by atoms with Crippen LogP contribution in [-0.2, 0) is 0 Å². The Balaban J connectivity index is 1.92. The van der Waals surface area contributed by atoms with Crippen molar-refractivity contribution in [3.05, 3.63) is 95.6 Å². The topological polar surface area (TPSA) is 52.6 Å². The minimum atomic E-state index is -0.577. The van der Waals surface area contributed by atoms with Crippen LogP contribution in [-0.4, -0.2) is 25.8 Å². The van der Waals surface area contributed by atoms with E-state index in [9.17, 15) is 9.59 Å². The number of ether oxygens (including phenoxy) is 2. The van der Waals surface area contributed by atoms with E-state index in [1.165, 1.54) is 0 Å². The standard InChI is InChI=1S/C24H22O4/c1-27-20-12-8-17(9-13-20)22(16-23(25)18-6-4-3-5-7-18)24(26)19-10-14-21(28-2)15-11-19/h3-15,22H,16H2,1-2H3. The average molecular weight is 374 g/mol. The van der Waals surface area contributed by atoms with Crippen molar-refractivity contribution >= 4 is 11.6 Å². The molecular formula is C24H22O4. The summed E-state index contributed by atoms with van der Waals surface area (Å²) >= 11 is 0. The quantitative estimate of drug-likeness (QED) is 0.524. The van der Waals surface area contributed by atoms with Gasteiger partial charge in [0.15, 0.2) is 11.6 Å². The van der Waals surface area contributed by atoms with Gasteiger partial charge in [0.1, 0.15) is 11.5 Å². The van der Waals surface area contributed by atoms with E-state index >= 15 is 0 Å². The fourth-order valence-corrected chi connectivity index (χ4v) is 3.08. The number of Topliss-reactive ketones (excluding diaryl/α,β-unsaturated/α-hetero) is 2. The molecule has 0 aliphatic carbocycles. The number of carbonyl (C=O) groups excluding carboxylic acids is 2. The highest BCUT2D eigenvalue weighted by atomic mass is 16.5. The van der Waals surface area contributed by atoms with Crippen molar-refractivity contribution < 1.29 is 19.1 Å². The van der Waals surface area contributed by atoms with Gasteiger partial charge in [-0.25, -0.2) is 0 Å². The number of carbonyl (C=O) groups is 2. The molecule has 3 aromatic rings. The van der Waals surface area contributed by atoms with Gasteiger partial charge >= 0.3 is 0 Å². The highest BCUT2D eigenvalue weighted by Crippen LogP contribution is 2.28. The zero-order valence-corrected chi connectivity index (χ0v) is 15.9. The summed E-state index contributed by atoms with van der Waals surface area (Å²) in [5.41, 5.74) is 1.93. The van der Waals surface area contributed by atoms with Crippen molar-refractivity contribution in [3.63, 3.8) is 0 Å². The molecule has 0 aliphatic heterocycles. The Bertz CT molecular complexity index is 929. The monoisotopic (exact) mass is 374 g/mol. The molecule has 0 saturated heterocycles. The van der Waals surface area contributed by atoms with Gasteiger partial charge in [-0.15, -0.1) is 0 Å². The molecule has 28 heavy (non-hydrogen) atoms. The predicted molar refractivity (Wildman–Crippen MR) is 108 cm³/mol. The molecule has 0 fully saturated rings. The number of hydrogen-bond donors (Lipinski definition) is 0. The molecule has 3 rings (SSSR count). The van der Waals surface area contributed by atoms with Gasteiger partial charge in [0.05, 0.1) is 20.1 Å². The molecule has 1 atom stereocenters. The maximum absolute atomic E-state index is 13.2. The Morgan fingerprint density at radius 1 is 0.714 bits per heavy atom. The molecule has 1 unspecified atom stereocenters. The van der Waals surface area contributed by atoms with Crippen LogP contribution in [0.5, 0.6) is 11.5 Å². The Morgan fingerprint density at radius 2 is 1.25 bits per heavy atom. The molecule has 3 aromatic carbocycles. The van der Waals surface area contributed by atoms with E-state index in [0.29, 0.717) is 22.6 Å². The Morgan fingerprint density at radius 3 is 1.79 bits per heavy atom. The third-order valence-electron chi connectivity index (χ3n) is 4.69. The van der Waals surface area contributed by atoms with Gasteiger partial charge < -0.3 is 9.47 Å². The summed E-state index contributed by atoms with van der Waals surface area (Å²) in [6.45, 7) is 0. The summed E-state index contributed by atoms with van der Waals surface area (Å²) in [7, 11) is 3.17. The third kappa shape index (κ3) is 4.46. The lowest BCUT2D eigenvalue weighted by molar-refractivity contribution is 0.0893. The minimum absolute atomic E-state index is 0.0664. The van der Waals surface area contributed by atoms with Gasteiger partial charge in [-0.1, -0.05) is 42.5 Å². The molecule has 4 nitrogen and oxygen atoms in total.